The first kappa shape index (κ1) is 18.3. The molecule has 0 bridgehead atoms. The Morgan fingerprint density at radius 3 is 2.29 bits per heavy atom. The Bertz CT molecular complexity index is 950. The first-order valence-electron chi connectivity index (χ1n) is 9.37. The second-order valence-corrected chi connectivity index (χ2v) is 7.52. The minimum absolute atomic E-state index is 0.0702. The number of hydrogen-bond donors (Lipinski definition) is 1. The Hall–Kier alpha value is -3.06. The standard InChI is InChI=1S/C21H22N4O3/c1-15(16-2-3-16)21(26,12-24-14-22-13-23-24)19-8-4-17(5-9-19)18-6-10-20(11-7-18)25(27)28/h4-11,13-16,26H,2-3,12H2,1H3. The van der Waals surface area contributed by atoms with Gasteiger partial charge in [-0.25, -0.2) is 9.67 Å². The van der Waals surface area contributed by atoms with Crippen molar-refractivity contribution in [2.24, 2.45) is 11.8 Å². The largest absolute Gasteiger partial charge is 0.383 e. The monoisotopic (exact) mass is 378 g/mol. The van der Waals surface area contributed by atoms with Crippen LogP contribution >= 0.6 is 0 Å². The van der Waals surface area contributed by atoms with E-state index >= 15 is 0 Å². The number of aromatic nitrogens is 3. The Morgan fingerprint density at radius 2 is 1.79 bits per heavy atom. The van der Waals surface area contributed by atoms with Crippen molar-refractivity contribution < 1.29 is 10.0 Å². The fourth-order valence-corrected chi connectivity index (χ4v) is 3.77. The summed E-state index contributed by atoms with van der Waals surface area (Å²) in [5.41, 5.74) is 1.71. The summed E-state index contributed by atoms with van der Waals surface area (Å²) in [6.07, 6.45) is 5.37. The predicted octanol–water partition coefficient (Wildman–Crippen LogP) is 3.79. The molecule has 0 saturated heterocycles. The van der Waals surface area contributed by atoms with Crippen molar-refractivity contribution in [3.8, 4) is 11.1 Å². The molecule has 1 fully saturated rings. The van der Waals surface area contributed by atoms with Gasteiger partial charge in [-0.3, -0.25) is 10.1 Å². The Morgan fingerprint density at radius 1 is 1.18 bits per heavy atom. The molecule has 28 heavy (non-hydrogen) atoms. The molecule has 1 saturated carbocycles. The van der Waals surface area contributed by atoms with Crippen LogP contribution in [0.15, 0.2) is 61.2 Å². The predicted molar refractivity (Wildman–Crippen MR) is 104 cm³/mol. The van der Waals surface area contributed by atoms with Crippen molar-refractivity contribution in [2.75, 3.05) is 0 Å². The zero-order valence-electron chi connectivity index (χ0n) is 15.6. The molecule has 2 atom stereocenters. The highest BCUT2D eigenvalue weighted by atomic mass is 16.6. The smallest absolute Gasteiger partial charge is 0.269 e. The highest BCUT2D eigenvalue weighted by Crippen LogP contribution is 2.46. The molecule has 1 heterocycles. The SMILES string of the molecule is CC(C1CC1)C(O)(Cn1cncn1)c1ccc(-c2ccc([N+](=O)[O-])cc2)cc1. The maximum absolute atomic E-state index is 11.6. The van der Waals surface area contributed by atoms with E-state index in [-0.39, 0.29) is 11.6 Å². The lowest BCUT2D eigenvalue weighted by atomic mass is 9.79. The topological polar surface area (TPSA) is 94.1 Å². The minimum atomic E-state index is -1.04. The third-order valence-corrected chi connectivity index (χ3v) is 5.75. The van der Waals surface area contributed by atoms with Gasteiger partial charge in [0.2, 0.25) is 0 Å². The summed E-state index contributed by atoms with van der Waals surface area (Å²) in [7, 11) is 0. The van der Waals surface area contributed by atoms with Crippen LogP contribution in [0.1, 0.15) is 25.3 Å². The molecule has 2 unspecified atom stereocenters. The lowest BCUT2D eigenvalue weighted by molar-refractivity contribution is -0.384. The number of nitrogens with zero attached hydrogens (tertiary/aromatic N) is 4. The van der Waals surface area contributed by atoms with Crippen LogP contribution in [0.3, 0.4) is 0 Å². The average Bonchev–Trinajstić information content (AvgIpc) is 3.44. The molecule has 144 valence electrons. The van der Waals surface area contributed by atoms with Crippen LogP contribution in [0.25, 0.3) is 11.1 Å². The van der Waals surface area contributed by atoms with E-state index in [2.05, 4.69) is 17.0 Å². The van der Waals surface area contributed by atoms with Crippen LogP contribution in [-0.2, 0) is 12.1 Å². The Balaban J connectivity index is 1.63. The summed E-state index contributed by atoms with van der Waals surface area (Å²) < 4.78 is 1.67. The van der Waals surface area contributed by atoms with Crippen molar-refractivity contribution in [2.45, 2.75) is 31.9 Å². The number of nitro groups is 1. The van der Waals surface area contributed by atoms with Gasteiger partial charge in [0.05, 0.1) is 11.5 Å². The average molecular weight is 378 g/mol. The van der Waals surface area contributed by atoms with Gasteiger partial charge in [0.1, 0.15) is 18.3 Å². The van der Waals surface area contributed by atoms with Crippen molar-refractivity contribution in [3.63, 3.8) is 0 Å². The summed E-state index contributed by atoms with van der Waals surface area (Å²) in [6.45, 7) is 2.44. The molecule has 0 aliphatic heterocycles. The lowest BCUT2D eigenvalue weighted by Gasteiger charge is -2.35. The molecule has 1 aliphatic carbocycles. The molecular weight excluding hydrogens is 356 g/mol. The van der Waals surface area contributed by atoms with E-state index in [4.69, 9.17) is 0 Å². The van der Waals surface area contributed by atoms with E-state index in [1.165, 1.54) is 18.5 Å². The van der Waals surface area contributed by atoms with Crippen molar-refractivity contribution in [1.29, 1.82) is 0 Å². The molecule has 0 amide bonds. The Labute approximate surface area is 162 Å². The lowest BCUT2D eigenvalue weighted by Crippen LogP contribution is -2.39. The maximum atomic E-state index is 11.6. The summed E-state index contributed by atoms with van der Waals surface area (Å²) in [5.74, 6) is 0.616. The van der Waals surface area contributed by atoms with Crippen LogP contribution in [0.4, 0.5) is 5.69 Å². The molecule has 1 N–H and O–H groups in total. The van der Waals surface area contributed by atoms with Gasteiger partial charge in [-0.15, -0.1) is 0 Å². The molecular formula is C21H22N4O3. The number of rotatable bonds is 7. The molecule has 7 heteroatoms. The van der Waals surface area contributed by atoms with Crippen LogP contribution < -0.4 is 0 Å². The highest BCUT2D eigenvalue weighted by Gasteiger charge is 2.44. The molecule has 1 aliphatic rings. The van der Waals surface area contributed by atoms with Crippen molar-refractivity contribution in [3.05, 3.63) is 76.9 Å². The van der Waals surface area contributed by atoms with Gasteiger partial charge >= 0.3 is 0 Å². The van der Waals surface area contributed by atoms with E-state index < -0.39 is 10.5 Å². The van der Waals surface area contributed by atoms with E-state index in [0.717, 1.165) is 29.5 Å². The van der Waals surface area contributed by atoms with Gasteiger partial charge in [0, 0.05) is 12.1 Å². The number of benzene rings is 2. The number of non-ortho nitro benzene ring substituents is 1. The third kappa shape index (κ3) is 3.53. The third-order valence-electron chi connectivity index (χ3n) is 5.75. The maximum Gasteiger partial charge on any atom is 0.269 e. The van der Waals surface area contributed by atoms with E-state index in [0.29, 0.717) is 12.5 Å². The first-order valence-corrected chi connectivity index (χ1v) is 9.37. The number of hydrogen-bond acceptors (Lipinski definition) is 5. The summed E-state index contributed by atoms with van der Waals surface area (Å²) in [4.78, 5) is 14.4. The number of nitro benzene ring substituents is 1. The Kier molecular flexibility index (Phi) is 4.68. The van der Waals surface area contributed by atoms with E-state index in [1.54, 1.807) is 23.1 Å². The molecule has 3 aromatic rings. The van der Waals surface area contributed by atoms with Gasteiger partial charge in [-0.1, -0.05) is 31.2 Å². The molecule has 7 nitrogen and oxygen atoms in total. The van der Waals surface area contributed by atoms with Crippen molar-refractivity contribution in [1.82, 2.24) is 14.8 Å². The van der Waals surface area contributed by atoms with Crippen LogP contribution in [-0.4, -0.2) is 24.8 Å². The zero-order valence-corrected chi connectivity index (χ0v) is 15.6. The normalized spacial score (nSPS) is 17.1. The van der Waals surface area contributed by atoms with Gasteiger partial charge in [0.15, 0.2) is 0 Å². The second-order valence-electron chi connectivity index (χ2n) is 7.52. The van der Waals surface area contributed by atoms with Crippen LogP contribution in [0.5, 0.6) is 0 Å². The zero-order chi connectivity index (χ0) is 19.7. The van der Waals surface area contributed by atoms with E-state index in [9.17, 15) is 15.2 Å². The fraction of sp³-hybridized carbons (Fsp3) is 0.333. The van der Waals surface area contributed by atoms with Crippen LogP contribution in [0.2, 0.25) is 0 Å². The fourth-order valence-electron chi connectivity index (χ4n) is 3.77. The quantitative estimate of drug-likeness (QED) is 0.499. The van der Waals surface area contributed by atoms with E-state index in [1.807, 2.05) is 24.3 Å². The molecule has 4 rings (SSSR count). The number of aliphatic hydroxyl groups is 1. The van der Waals surface area contributed by atoms with Gasteiger partial charge in [-0.2, -0.15) is 5.10 Å². The molecule has 0 spiro atoms. The minimum Gasteiger partial charge on any atom is -0.383 e. The van der Waals surface area contributed by atoms with Gasteiger partial charge < -0.3 is 5.11 Å². The molecule has 0 radical (unpaired) electrons. The summed E-state index contributed by atoms with van der Waals surface area (Å²) in [5, 5.41) is 26.6. The summed E-state index contributed by atoms with van der Waals surface area (Å²) in [6, 6.07) is 14.2. The summed E-state index contributed by atoms with van der Waals surface area (Å²) >= 11 is 0. The van der Waals surface area contributed by atoms with Crippen molar-refractivity contribution >= 4 is 5.69 Å². The van der Waals surface area contributed by atoms with Gasteiger partial charge in [-0.05, 0) is 53.5 Å². The highest BCUT2D eigenvalue weighted by molar-refractivity contribution is 5.65. The van der Waals surface area contributed by atoms with Crippen LogP contribution in [0, 0.1) is 22.0 Å². The molecule has 2 aromatic carbocycles. The molecule has 1 aromatic heterocycles. The second kappa shape index (κ2) is 7.16. The van der Waals surface area contributed by atoms with Gasteiger partial charge in [0.25, 0.3) is 5.69 Å². The first-order chi connectivity index (χ1) is 13.5.